The number of thioether (sulfide) groups is 1. The summed E-state index contributed by atoms with van der Waals surface area (Å²) in [5.74, 6) is 1.03. The Balaban J connectivity index is 3.54. The van der Waals surface area contributed by atoms with Crippen LogP contribution in [0.5, 0.6) is 0 Å². The SMILES string of the molecule is C=C[C@H](SCC)[C@@H](C)O. The van der Waals surface area contributed by atoms with Crippen LogP contribution in [0, 0.1) is 0 Å². The van der Waals surface area contributed by atoms with Gasteiger partial charge in [-0.05, 0) is 12.7 Å². The van der Waals surface area contributed by atoms with Crippen LogP contribution in [0.3, 0.4) is 0 Å². The maximum absolute atomic E-state index is 9.05. The Hall–Kier alpha value is 0.0500. The summed E-state index contributed by atoms with van der Waals surface area (Å²) in [7, 11) is 0. The minimum atomic E-state index is -0.271. The third-order valence-corrected chi connectivity index (χ3v) is 2.37. The Morgan fingerprint density at radius 1 is 1.78 bits per heavy atom. The van der Waals surface area contributed by atoms with Crippen molar-refractivity contribution in [2.75, 3.05) is 5.75 Å². The molecule has 0 unspecified atom stereocenters. The van der Waals surface area contributed by atoms with Crippen molar-refractivity contribution in [2.24, 2.45) is 0 Å². The third-order valence-electron chi connectivity index (χ3n) is 1.07. The van der Waals surface area contributed by atoms with Crippen molar-refractivity contribution in [2.45, 2.75) is 25.2 Å². The fraction of sp³-hybridized carbons (Fsp3) is 0.714. The predicted octanol–water partition coefficient (Wildman–Crippen LogP) is 1.67. The van der Waals surface area contributed by atoms with Crippen LogP contribution in [0.1, 0.15) is 13.8 Å². The first kappa shape index (κ1) is 9.05. The lowest BCUT2D eigenvalue weighted by atomic mass is 10.3. The fourth-order valence-corrected chi connectivity index (χ4v) is 1.40. The van der Waals surface area contributed by atoms with Crippen LogP contribution in [-0.4, -0.2) is 22.2 Å². The van der Waals surface area contributed by atoms with Crippen LogP contribution < -0.4 is 0 Å². The van der Waals surface area contributed by atoms with Crippen LogP contribution in [0.25, 0.3) is 0 Å². The van der Waals surface area contributed by atoms with Gasteiger partial charge in [-0.15, -0.1) is 6.58 Å². The highest BCUT2D eigenvalue weighted by Gasteiger charge is 2.08. The molecule has 0 saturated heterocycles. The zero-order valence-electron chi connectivity index (χ0n) is 6.00. The Labute approximate surface area is 61.2 Å². The van der Waals surface area contributed by atoms with E-state index in [-0.39, 0.29) is 11.4 Å². The number of aliphatic hydroxyl groups is 1. The van der Waals surface area contributed by atoms with Crippen LogP contribution in [0.4, 0.5) is 0 Å². The Morgan fingerprint density at radius 2 is 2.33 bits per heavy atom. The second-order valence-electron chi connectivity index (χ2n) is 1.90. The van der Waals surface area contributed by atoms with Gasteiger partial charge in [0.15, 0.2) is 0 Å². The van der Waals surface area contributed by atoms with E-state index in [1.165, 1.54) is 0 Å². The Kier molecular flexibility index (Phi) is 4.91. The summed E-state index contributed by atoms with van der Waals surface area (Å²) in [6.45, 7) is 7.48. The van der Waals surface area contributed by atoms with Gasteiger partial charge >= 0.3 is 0 Å². The van der Waals surface area contributed by atoms with Gasteiger partial charge in [-0.3, -0.25) is 0 Å². The average Bonchev–Trinajstić information content (AvgIpc) is 1.82. The van der Waals surface area contributed by atoms with Gasteiger partial charge < -0.3 is 5.11 Å². The molecule has 2 atom stereocenters. The van der Waals surface area contributed by atoms with Gasteiger partial charge in [-0.25, -0.2) is 0 Å². The molecule has 0 bridgehead atoms. The van der Waals surface area contributed by atoms with Crippen molar-refractivity contribution >= 4 is 11.8 Å². The second-order valence-corrected chi connectivity index (χ2v) is 3.35. The van der Waals surface area contributed by atoms with Crippen LogP contribution in [-0.2, 0) is 0 Å². The second kappa shape index (κ2) is 4.89. The van der Waals surface area contributed by atoms with E-state index in [9.17, 15) is 0 Å². The molecule has 0 aliphatic rings. The molecule has 0 amide bonds. The summed E-state index contributed by atoms with van der Waals surface area (Å²) in [4.78, 5) is 0. The number of aliphatic hydroxyl groups excluding tert-OH is 1. The van der Waals surface area contributed by atoms with Crippen molar-refractivity contribution in [3.63, 3.8) is 0 Å². The van der Waals surface area contributed by atoms with E-state index in [1.807, 2.05) is 0 Å². The van der Waals surface area contributed by atoms with E-state index < -0.39 is 0 Å². The van der Waals surface area contributed by atoms with Crippen LogP contribution in [0.2, 0.25) is 0 Å². The molecule has 2 heteroatoms. The summed E-state index contributed by atoms with van der Waals surface area (Å²) in [5.41, 5.74) is 0. The molecule has 0 aromatic rings. The lowest BCUT2D eigenvalue weighted by Gasteiger charge is -2.12. The molecule has 0 heterocycles. The smallest absolute Gasteiger partial charge is 0.0665 e. The van der Waals surface area contributed by atoms with Gasteiger partial charge in [-0.1, -0.05) is 13.0 Å². The van der Waals surface area contributed by atoms with Crippen molar-refractivity contribution in [1.29, 1.82) is 0 Å². The molecule has 0 radical (unpaired) electrons. The normalized spacial score (nSPS) is 16.8. The highest BCUT2D eigenvalue weighted by molar-refractivity contribution is 8.00. The average molecular weight is 146 g/mol. The molecule has 0 spiro atoms. The van der Waals surface area contributed by atoms with Gasteiger partial charge in [0, 0.05) is 5.25 Å². The van der Waals surface area contributed by atoms with Crippen molar-refractivity contribution < 1.29 is 5.11 Å². The van der Waals surface area contributed by atoms with Crippen molar-refractivity contribution in [1.82, 2.24) is 0 Å². The molecule has 0 aromatic carbocycles. The fourth-order valence-electron chi connectivity index (χ4n) is 0.597. The summed E-state index contributed by atoms with van der Waals surface area (Å²) in [6.07, 6.45) is 1.52. The monoisotopic (exact) mass is 146 g/mol. The number of rotatable bonds is 4. The quantitative estimate of drug-likeness (QED) is 0.609. The van der Waals surface area contributed by atoms with Crippen LogP contribution in [0.15, 0.2) is 12.7 Å². The van der Waals surface area contributed by atoms with Gasteiger partial charge in [0.2, 0.25) is 0 Å². The molecule has 0 rings (SSSR count). The van der Waals surface area contributed by atoms with E-state index >= 15 is 0 Å². The number of hydrogen-bond donors (Lipinski definition) is 1. The Morgan fingerprint density at radius 3 is 2.44 bits per heavy atom. The summed E-state index contributed by atoms with van der Waals surface area (Å²) in [5, 5.41) is 9.25. The van der Waals surface area contributed by atoms with E-state index in [4.69, 9.17) is 5.11 Å². The lowest BCUT2D eigenvalue weighted by molar-refractivity contribution is 0.203. The molecular formula is C7H14OS. The standard InChI is InChI=1S/C7H14OS/c1-4-7(6(3)8)9-5-2/h4,6-8H,1,5H2,2-3H3/t6-,7+/m1/s1. The third kappa shape index (κ3) is 3.60. The topological polar surface area (TPSA) is 20.2 Å². The first-order valence-corrected chi connectivity index (χ1v) is 4.19. The zero-order chi connectivity index (χ0) is 7.28. The van der Waals surface area contributed by atoms with Gasteiger partial charge in [-0.2, -0.15) is 11.8 Å². The molecule has 1 nitrogen and oxygen atoms in total. The molecular weight excluding hydrogens is 132 g/mol. The molecule has 0 aliphatic carbocycles. The molecule has 0 saturated carbocycles. The first-order chi connectivity index (χ1) is 4.22. The molecule has 0 aliphatic heterocycles. The van der Waals surface area contributed by atoms with E-state index in [1.54, 1.807) is 24.8 Å². The molecule has 54 valence electrons. The van der Waals surface area contributed by atoms with Gasteiger partial charge in [0.25, 0.3) is 0 Å². The Bertz CT molecular complexity index is 81.0. The van der Waals surface area contributed by atoms with Crippen LogP contribution >= 0.6 is 11.8 Å². The lowest BCUT2D eigenvalue weighted by Crippen LogP contribution is -2.16. The first-order valence-electron chi connectivity index (χ1n) is 3.14. The summed E-state index contributed by atoms with van der Waals surface area (Å²) < 4.78 is 0. The minimum Gasteiger partial charge on any atom is -0.392 e. The van der Waals surface area contributed by atoms with Crippen molar-refractivity contribution in [3.8, 4) is 0 Å². The summed E-state index contributed by atoms with van der Waals surface area (Å²) in [6, 6.07) is 0. The van der Waals surface area contributed by atoms with E-state index in [0.29, 0.717) is 0 Å². The molecule has 0 aromatic heterocycles. The highest BCUT2D eigenvalue weighted by Crippen LogP contribution is 2.14. The highest BCUT2D eigenvalue weighted by atomic mass is 32.2. The van der Waals surface area contributed by atoms with Crippen molar-refractivity contribution in [3.05, 3.63) is 12.7 Å². The van der Waals surface area contributed by atoms with Gasteiger partial charge in [0.05, 0.1) is 6.10 Å². The molecule has 9 heavy (non-hydrogen) atoms. The summed E-state index contributed by atoms with van der Waals surface area (Å²) >= 11 is 1.72. The minimum absolute atomic E-state index is 0.204. The number of hydrogen-bond acceptors (Lipinski definition) is 2. The molecule has 1 N–H and O–H groups in total. The predicted molar refractivity (Wildman–Crippen MR) is 43.8 cm³/mol. The van der Waals surface area contributed by atoms with E-state index in [2.05, 4.69) is 13.5 Å². The maximum atomic E-state index is 9.05. The largest absolute Gasteiger partial charge is 0.392 e. The molecule has 0 fully saturated rings. The zero-order valence-corrected chi connectivity index (χ0v) is 6.82. The van der Waals surface area contributed by atoms with E-state index in [0.717, 1.165) is 5.75 Å². The maximum Gasteiger partial charge on any atom is 0.0665 e. The van der Waals surface area contributed by atoms with Gasteiger partial charge in [0.1, 0.15) is 0 Å².